The van der Waals surface area contributed by atoms with Crippen LogP contribution in [0, 0.1) is 0 Å². The lowest BCUT2D eigenvalue weighted by Gasteiger charge is -2.12. The zero-order valence-corrected chi connectivity index (χ0v) is 10.6. The maximum absolute atomic E-state index is 10.8. The molecule has 0 heterocycles. The Bertz CT molecular complexity index is 165. The van der Waals surface area contributed by atoms with Crippen LogP contribution in [0.2, 0.25) is 0 Å². The number of nitrogens with two attached hydrogens (primary N) is 1. The van der Waals surface area contributed by atoms with Crippen molar-refractivity contribution < 1.29 is 4.79 Å². The summed E-state index contributed by atoms with van der Waals surface area (Å²) in [5, 5.41) is 3.11. The zero-order chi connectivity index (χ0) is 11.5. The van der Waals surface area contributed by atoms with Crippen molar-refractivity contribution in [3.8, 4) is 0 Å². The quantitative estimate of drug-likeness (QED) is 0.397. The molecule has 0 saturated heterocycles. The van der Waals surface area contributed by atoms with Crippen LogP contribution in [0.15, 0.2) is 0 Å². The molecule has 1 atom stereocenters. The zero-order valence-electron chi connectivity index (χ0n) is 9.67. The summed E-state index contributed by atoms with van der Waals surface area (Å²) in [6, 6.07) is -0.274. The summed E-state index contributed by atoms with van der Waals surface area (Å²) < 4.78 is 0. The Morgan fingerprint density at radius 1 is 1.27 bits per heavy atom. The molecule has 0 aliphatic rings. The molecule has 0 aromatic carbocycles. The average molecular weight is 232 g/mol. The van der Waals surface area contributed by atoms with Crippen LogP contribution >= 0.6 is 12.6 Å². The van der Waals surface area contributed by atoms with Crippen LogP contribution in [0.25, 0.3) is 0 Å². The van der Waals surface area contributed by atoms with E-state index in [1.54, 1.807) is 0 Å². The second-order valence-corrected chi connectivity index (χ2v) is 4.22. The standard InChI is InChI=1S/C11H24N2OS/c1-2-3-4-5-6-7-8-13-10(9-15)11(12)14/h10,13,15H,2-9H2,1H3,(H2,12,14)/t10-/m0/s1. The maximum Gasteiger partial charge on any atom is 0.235 e. The molecule has 0 unspecified atom stereocenters. The number of thiol groups is 1. The van der Waals surface area contributed by atoms with Gasteiger partial charge in [0.2, 0.25) is 5.91 Å². The average Bonchev–Trinajstić information content (AvgIpc) is 2.21. The Hall–Kier alpha value is -0.220. The topological polar surface area (TPSA) is 55.1 Å². The van der Waals surface area contributed by atoms with Gasteiger partial charge in [-0.25, -0.2) is 0 Å². The van der Waals surface area contributed by atoms with E-state index in [0.717, 1.165) is 13.0 Å². The molecule has 0 aliphatic carbocycles. The fourth-order valence-electron chi connectivity index (χ4n) is 1.44. The van der Waals surface area contributed by atoms with Crippen molar-refractivity contribution in [2.24, 2.45) is 5.73 Å². The normalized spacial score (nSPS) is 12.7. The van der Waals surface area contributed by atoms with Gasteiger partial charge >= 0.3 is 0 Å². The van der Waals surface area contributed by atoms with Crippen molar-refractivity contribution in [2.45, 2.75) is 51.5 Å². The number of unbranched alkanes of at least 4 members (excludes halogenated alkanes) is 5. The maximum atomic E-state index is 10.8. The highest BCUT2D eigenvalue weighted by molar-refractivity contribution is 7.80. The van der Waals surface area contributed by atoms with Gasteiger partial charge in [0.25, 0.3) is 0 Å². The van der Waals surface area contributed by atoms with Gasteiger partial charge in [-0.05, 0) is 13.0 Å². The molecule has 1 amide bonds. The second-order valence-electron chi connectivity index (χ2n) is 3.86. The third-order valence-electron chi connectivity index (χ3n) is 2.45. The molecular weight excluding hydrogens is 208 g/mol. The molecule has 0 spiro atoms. The first-order valence-electron chi connectivity index (χ1n) is 5.86. The lowest BCUT2D eigenvalue weighted by atomic mass is 10.1. The minimum Gasteiger partial charge on any atom is -0.368 e. The van der Waals surface area contributed by atoms with Crippen molar-refractivity contribution in [1.82, 2.24) is 5.32 Å². The molecule has 0 radical (unpaired) electrons. The van der Waals surface area contributed by atoms with Crippen molar-refractivity contribution in [1.29, 1.82) is 0 Å². The second kappa shape index (κ2) is 10.3. The van der Waals surface area contributed by atoms with Crippen LogP contribution in [0.4, 0.5) is 0 Å². The first-order chi connectivity index (χ1) is 7.22. The lowest BCUT2D eigenvalue weighted by molar-refractivity contribution is -0.119. The molecule has 3 nitrogen and oxygen atoms in total. The molecule has 0 aromatic rings. The number of rotatable bonds is 10. The van der Waals surface area contributed by atoms with Gasteiger partial charge in [-0.3, -0.25) is 4.79 Å². The summed E-state index contributed by atoms with van der Waals surface area (Å²) in [6.07, 6.45) is 7.56. The molecule has 4 heteroatoms. The minimum absolute atomic E-state index is 0.274. The molecule has 90 valence electrons. The van der Waals surface area contributed by atoms with Gasteiger partial charge < -0.3 is 11.1 Å². The Morgan fingerprint density at radius 3 is 2.40 bits per heavy atom. The highest BCUT2D eigenvalue weighted by Crippen LogP contribution is 2.04. The van der Waals surface area contributed by atoms with E-state index in [9.17, 15) is 4.79 Å². The number of carbonyl (C=O) groups is 1. The largest absolute Gasteiger partial charge is 0.368 e. The Kier molecular flexibility index (Phi) is 10.2. The fourth-order valence-corrected chi connectivity index (χ4v) is 1.75. The van der Waals surface area contributed by atoms with Crippen LogP contribution in [-0.2, 0) is 4.79 Å². The number of amides is 1. The number of primary amides is 1. The van der Waals surface area contributed by atoms with E-state index >= 15 is 0 Å². The van der Waals surface area contributed by atoms with Crippen LogP contribution in [0.5, 0.6) is 0 Å². The van der Waals surface area contributed by atoms with Crippen molar-refractivity contribution >= 4 is 18.5 Å². The van der Waals surface area contributed by atoms with Gasteiger partial charge in [-0.15, -0.1) is 0 Å². The fraction of sp³-hybridized carbons (Fsp3) is 0.909. The van der Waals surface area contributed by atoms with Crippen molar-refractivity contribution in [3.63, 3.8) is 0 Å². The highest BCUT2D eigenvalue weighted by Gasteiger charge is 2.10. The first-order valence-corrected chi connectivity index (χ1v) is 6.49. The smallest absolute Gasteiger partial charge is 0.235 e. The molecule has 0 rings (SSSR count). The van der Waals surface area contributed by atoms with Crippen LogP contribution in [-0.4, -0.2) is 24.2 Å². The number of hydrogen-bond donors (Lipinski definition) is 3. The summed E-state index contributed by atoms with van der Waals surface area (Å²) in [4.78, 5) is 10.8. The third-order valence-corrected chi connectivity index (χ3v) is 2.81. The minimum atomic E-state index is -0.309. The predicted molar refractivity (Wildman–Crippen MR) is 68.2 cm³/mol. The van der Waals surface area contributed by atoms with Gasteiger partial charge in [0.15, 0.2) is 0 Å². The number of nitrogens with one attached hydrogen (secondary N) is 1. The molecule has 0 aromatic heterocycles. The molecule has 0 saturated carbocycles. The molecule has 15 heavy (non-hydrogen) atoms. The van der Waals surface area contributed by atoms with E-state index in [2.05, 4.69) is 24.9 Å². The number of hydrogen-bond acceptors (Lipinski definition) is 3. The van der Waals surface area contributed by atoms with E-state index in [0.29, 0.717) is 5.75 Å². The van der Waals surface area contributed by atoms with Crippen molar-refractivity contribution in [2.75, 3.05) is 12.3 Å². The third kappa shape index (κ3) is 8.75. The molecule has 0 aliphatic heterocycles. The van der Waals surface area contributed by atoms with Gasteiger partial charge in [0.1, 0.15) is 0 Å². The van der Waals surface area contributed by atoms with E-state index in [1.165, 1.54) is 32.1 Å². The highest BCUT2D eigenvalue weighted by atomic mass is 32.1. The van der Waals surface area contributed by atoms with Gasteiger partial charge in [0.05, 0.1) is 6.04 Å². The van der Waals surface area contributed by atoms with Gasteiger partial charge in [0, 0.05) is 5.75 Å². The molecular formula is C11H24N2OS. The molecule has 0 bridgehead atoms. The summed E-state index contributed by atoms with van der Waals surface area (Å²) in [5.41, 5.74) is 5.18. The Morgan fingerprint density at radius 2 is 1.87 bits per heavy atom. The molecule has 3 N–H and O–H groups in total. The Balaban J connectivity index is 3.25. The van der Waals surface area contributed by atoms with Crippen molar-refractivity contribution in [3.05, 3.63) is 0 Å². The lowest BCUT2D eigenvalue weighted by Crippen LogP contribution is -2.43. The van der Waals surface area contributed by atoms with Crippen LogP contribution in [0.1, 0.15) is 45.4 Å². The summed E-state index contributed by atoms with van der Waals surface area (Å²) in [6.45, 7) is 3.08. The van der Waals surface area contributed by atoms with E-state index in [4.69, 9.17) is 5.73 Å². The summed E-state index contributed by atoms with van der Waals surface area (Å²) in [7, 11) is 0. The summed E-state index contributed by atoms with van der Waals surface area (Å²) in [5.74, 6) is 0.168. The summed E-state index contributed by atoms with van der Waals surface area (Å²) >= 11 is 4.06. The van der Waals surface area contributed by atoms with Crippen LogP contribution < -0.4 is 11.1 Å². The number of carbonyl (C=O) groups excluding carboxylic acids is 1. The molecule has 0 fully saturated rings. The Labute approximate surface area is 98.6 Å². The first kappa shape index (κ1) is 14.8. The SMILES string of the molecule is CCCCCCCCN[C@@H](CS)C(N)=O. The van der Waals surface area contributed by atoms with Gasteiger partial charge in [-0.1, -0.05) is 39.0 Å². The monoisotopic (exact) mass is 232 g/mol. The van der Waals surface area contributed by atoms with E-state index < -0.39 is 0 Å². The van der Waals surface area contributed by atoms with E-state index in [1.807, 2.05) is 0 Å². The predicted octanol–water partition coefficient (Wildman–Crippen LogP) is 1.72. The van der Waals surface area contributed by atoms with Crippen LogP contribution in [0.3, 0.4) is 0 Å². The van der Waals surface area contributed by atoms with E-state index in [-0.39, 0.29) is 11.9 Å². The van der Waals surface area contributed by atoms with Gasteiger partial charge in [-0.2, -0.15) is 12.6 Å².